The highest BCUT2D eigenvalue weighted by Crippen LogP contribution is 2.33. The van der Waals surface area contributed by atoms with Crippen molar-refractivity contribution in [1.82, 2.24) is 0 Å². The second-order valence-corrected chi connectivity index (χ2v) is 8.18. The molecule has 0 aliphatic carbocycles. The highest BCUT2D eigenvalue weighted by molar-refractivity contribution is 8.08. The van der Waals surface area contributed by atoms with Crippen molar-refractivity contribution in [1.29, 1.82) is 0 Å². The van der Waals surface area contributed by atoms with Crippen LogP contribution in [0.3, 0.4) is 0 Å². The first kappa shape index (κ1) is 14.3. The second kappa shape index (κ2) is 5.61. The Hall–Kier alpha value is -1.66. The van der Waals surface area contributed by atoms with E-state index < -0.39 is 9.84 Å². The van der Waals surface area contributed by atoms with Crippen LogP contribution in [-0.2, 0) is 9.84 Å². The van der Waals surface area contributed by atoms with E-state index in [1.54, 1.807) is 54.2 Å². The molecule has 1 unspecified atom stereocenters. The van der Waals surface area contributed by atoms with E-state index in [0.717, 1.165) is 5.75 Å². The number of benzene rings is 2. The van der Waals surface area contributed by atoms with Gasteiger partial charge in [0.1, 0.15) is 17.2 Å². The topological polar surface area (TPSA) is 63.6 Å². The molecule has 6 heteroatoms. The van der Waals surface area contributed by atoms with Crippen molar-refractivity contribution in [3.63, 3.8) is 0 Å². The molecule has 1 N–H and O–H groups in total. The molecule has 21 heavy (non-hydrogen) atoms. The van der Waals surface area contributed by atoms with Crippen molar-refractivity contribution in [2.45, 2.75) is 10.1 Å². The third kappa shape index (κ3) is 3.71. The van der Waals surface area contributed by atoms with Gasteiger partial charge in [-0.2, -0.15) is 11.8 Å². The van der Waals surface area contributed by atoms with Crippen LogP contribution in [0.2, 0.25) is 0 Å². The zero-order valence-corrected chi connectivity index (χ0v) is 12.7. The predicted molar refractivity (Wildman–Crippen MR) is 82.9 cm³/mol. The highest BCUT2D eigenvalue weighted by Gasteiger charge is 2.29. The Morgan fingerprint density at radius 2 is 1.86 bits per heavy atom. The summed E-state index contributed by atoms with van der Waals surface area (Å²) in [5.41, 5.74) is 0. The molecule has 0 spiro atoms. The van der Waals surface area contributed by atoms with E-state index in [1.165, 1.54) is 6.07 Å². The van der Waals surface area contributed by atoms with Gasteiger partial charge in [0.2, 0.25) is 0 Å². The summed E-state index contributed by atoms with van der Waals surface area (Å²) in [6.07, 6.45) is 0. The Morgan fingerprint density at radius 3 is 2.48 bits per heavy atom. The van der Waals surface area contributed by atoms with E-state index in [0.29, 0.717) is 16.4 Å². The summed E-state index contributed by atoms with van der Waals surface area (Å²) in [4.78, 5) is 0.318. The van der Waals surface area contributed by atoms with Gasteiger partial charge in [-0.3, -0.25) is 0 Å². The minimum Gasteiger partial charge on any atom is -0.508 e. The lowest BCUT2D eigenvalue weighted by Gasteiger charge is -2.07. The molecule has 1 atom stereocenters. The van der Waals surface area contributed by atoms with Gasteiger partial charge in [-0.15, -0.1) is 0 Å². The zero-order valence-electron chi connectivity index (χ0n) is 11.1. The Labute approximate surface area is 127 Å². The van der Waals surface area contributed by atoms with Gasteiger partial charge in [0.15, 0.2) is 9.84 Å². The standard InChI is InChI=1S/C15H14O4S2/c16-11-2-1-3-13(8-11)19-12-4-6-15(7-5-12)21(17,18)10-14-9-20-14/h1-8,14,16H,9-10H2. The van der Waals surface area contributed by atoms with Crippen molar-refractivity contribution < 1.29 is 18.3 Å². The average Bonchev–Trinajstić information content (AvgIpc) is 3.23. The Morgan fingerprint density at radius 1 is 1.14 bits per heavy atom. The van der Waals surface area contributed by atoms with Crippen LogP contribution in [0.25, 0.3) is 0 Å². The van der Waals surface area contributed by atoms with Gasteiger partial charge >= 0.3 is 0 Å². The van der Waals surface area contributed by atoms with Crippen LogP contribution in [0.5, 0.6) is 17.2 Å². The van der Waals surface area contributed by atoms with Crippen molar-refractivity contribution in [2.24, 2.45) is 0 Å². The van der Waals surface area contributed by atoms with Gasteiger partial charge in [0.25, 0.3) is 0 Å². The second-order valence-electron chi connectivity index (χ2n) is 4.81. The molecule has 2 aromatic carbocycles. The molecule has 3 rings (SSSR count). The molecule has 1 fully saturated rings. The first-order valence-electron chi connectivity index (χ1n) is 6.44. The maximum absolute atomic E-state index is 12.1. The summed E-state index contributed by atoms with van der Waals surface area (Å²) in [6.45, 7) is 0. The number of hydrogen-bond donors (Lipinski definition) is 1. The molecule has 0 bridgehead atoms. The van der Waals surface area contributed by atoms with Crippen molar-refractivity contribution in [2.75, 3.05) is 11.5 Å². The smallest absolute Gasteiger partial charge is 0.179 e. The molecule has 1 aliphatic rings. The lowest BCUT2D eigenvalue weighted by Crippen LogP contribution is -2.10. The molecule has 2 aromatic rings. The monoisotopic (exact) mass is 322 g/mol. The molecule has 0 radical (unpaired) electrons. The average molecular weight is 322 g/mol. The fraction of sp³-hybridized carbons (Fsp3) is 0.200. The molecule has 1 saturated heterocycles. The fourth-order valence-electron chi connectivity index (χ4n) is 1.90. The molecular weight excluding hydrogens is 308 g/mol. The number of phenolic OH excluding ortho intramolecular Hbond substituents is 1. The van der Waals surface area contributed by atoms with Crippen LogP contribution in [0.4, 0.5) is 0 Å². The summed E-state index contributed by atoms with van der Waals surface area (Å²) < 4.78 is 29.8. The minimum atomic E-state index is -3.21. The first-order valence-corrected chi connectivity index (χ1v) is 9.14. The number of phenols is 1. The lowest BCUT2D eigenvalue weighted by atomic mass is 10.3. The maximum atomic E-state index is 12.1. The number of sulfone groups is 1. The maximum Gasteiger partial charge on any atom is 0.179 e. The van der Waals surface area contributed by atoms with Gasteiger partial charge < -0.3 is 9.84 Å². The van der Waals surface area contributed by atoms with Gasteiger partial charge in [-0.05, 0) is 36.4 Å². The summed E-state index contributed by atoms with van der Waals surface area (Å²) in [5, 5.41) is 9.62. The Balaban J connectivity index is 1.74. The number of hydrogen-bond acceptors (Lipinski definition) is 5. The van der Waals surface area contributed by atoms with Gasteiger partial charge in [0.05, 0.1) is 10.6 Å². The molecule has 110 valence electrons. The molecule has 1 heterocycles. The van der Waals surface area contributed by atoms with Crippen molar-refractivity contribution in [3.8, 4) is 17.2 Å². The molecule has 0 saturated carbocycles. The summed E-state index contributed by atoms with van der Waals surface area (Å²) in [6, 6.07) is 12.8. The zero-order chi connectivity index (χ0) is 14.9. The van der Waals surface area contributed by atoms with E-state index in [-0.39, 0.29) is 16.8 Å². The largest absolute Gasteiger partial charge is 0.508 e. The van der Waals surface area contributed by atoms with E-state index >= 15 is 0 Å². The Bertz CT molecular complexity index is 735. The molecular formula is C15H14O4S2. The van der Waals surface area contributed by atoms with Crippen LogP contribution in [-0.4, -0.2) is 30.3 Å². The van der Waals surface area contributed by atoms with Crippen LogP contribution >= 0.6 is 11.8 Å². The summed E-state index contributed by atoms with van der Waals surface area (Å²) in [7, 11) is -3.21. The van der Waals surface area contributed by atoms with Crippen molar-refractivity contribution in [3.05, 3.63) is 48.5 Å². The minimum absolute atomic E-state index is 0.119. The fourth-order valence-corrected chi connectivity index (χ4v) is 4.58. The van der Waals surface area contributed by atoms with E-state index in [1.807, 2.05) is 0 Å². The van der Waals surface area contributed by atoms with Gasteiger partial charge in [0, 0.05) is 17.1 Å². The number of rotatable bonds is 5. The number of thioether (sulfide) groups is 1. The summed E-state index contributed by atoms with van der Waals surface area (Å²) >= 11 is 1.67. The first-order chi connectivity index (χ1) is 10.0. The third-order valence-electron chi connectivity index (χ3n) is 3.04. The van der Waals surface area contributed by atoms with Crippen LogP contribution in [0.15, 0.2) is 53.4 Å². The SMILES string of the molecule is O=S(=O)(CC1CS1)c1ccc(Oc2cccc(O)c2)cc1. The highest BCUT2D eigenvalue weighted by atomic mass is 32.2. The van der Waals surface area contributed by atoms with Crippen molar-refractivity contribution >= 4 is 21.6 Å². The molecule has 1 aliphatic heterocycles. The summed E-state index contributed by atoms with van der Waals surface area (Å²) in [5.74, 6) is 2.27. The van der Waals surface area contributed by atoms with Crippen LogP contribution in [0.1, 0.15) is 0 Å². The van der Waals surface area contributed by atoms with Gasteiger partial charge in [-0.25, -0.2) is 8.42 Å². The Kier molecular flexibility index (Phi) is 3.82. The number of aromatic hydroxyl groups is 1. The van der Waals surface area contributed by atoms with Crippen LogP contribution < -0.4 is 4.74 Å². The quantitative estimate of drug-likeness (QED) is 0.857. The van der Waals surface area contributed by atoms with E-state index in [2.05, 4.69) is 0 Å². The molecule has 0 aromatic heterocycles. The van der Waals surface area contributed by atoms with E-state index in [4.69, 9.17) is 4.74 Å². The molecule has 0 amide bonds. The van der Waals surface area contributed by atoms with E-state index in [9.17, 15) is 13.5 Å². The number of ether oxygens (including phenoxy) is 1. The van der Waals surface area contributed by atoms with Crippen LogP contribution in [0, 0.1) is 0 Å². The lowest BCUT2D eigenvalue weighted by molar-refractivity contribution is 0.455. The third-order valence-corrected chi connectivity index (χ3v) is 6.06. The predicted octanol–water partition coefficient (Wildman–Crippen LogP) is 3.07. The molecule has 4 nitrogen and oxygen atoms in total. The van der Waals surface area contributed by atoms with Gasteiger partial charge in [-0.1, -0.05) is 6.07 Å². The normalized spacial score (nSPS) is 17.4.